The number of aldehydes is 1. The lowest BCUT2D eigenvalue weighted by Crippen LogP contribution is -2.23. The Kier molecular flexibility index (Phi) is 3.05. The number of carbonyl (C=O) groups is 1. The van der Waals surface area contributed by atoms with Gasteiger partial charge >= 0.3 is 12.3 Å². The first kappa shape index (κ1) is 9.13. The van der Waals surface area contributed by atoms with Crippen molar-refractivity contribution in [3.63, 3.8) is 0 Å². The molecule has 10 heavy (non-hydrogen) atoms. The molecule has 0 atom stereocenters. The van der Waals surface area contributed by atoms with E-state index < -0.39 is 12.3 Å². The zero-order valence-corrected chi connectivity index (χ0v) is 4.73. The number of hydrogen-bond donors (Lipinski definition) is 0. The summed E-state index contributed by atoms with van der Waals surface area (Å²) in [4.78, 5) is 9.41. The Hall–Kier alpha value is -0.870. The van der Waals surface area contributed by atoms with Crippen LogP contribution in [0, 0.1) is 0 Å². The van der Waals surface area contributed by atoms with E-state index >= 15 is 0 Å². The van der Waals surface area contributed by atoms with Gasteiger partial charge in [0.05, 0.1) is 0 Å². The van der Waals surface area contributed by atoms with Gasteiger partial charge in [-0.05, 0) is 12.2 Å². The molecule has 0 saturated heterocycles. The Bertz CT molecular complexity index is 141. The van der Waals surface area contributed by atoms with Gasteiger partial charge in [-0.15, -0.1) is 0 Å². The van der Waals surface area contributed by atoms with E-state index in [2.05, 4.69) is 0 Å². The maximum atomic E-state index is 11.7. The molecule has 0 aromatic rings. The summed E-state index contributed by atoms with van der Waals surface area (Å²) >= 11 is 0. The molecular weight excluding hydrogens is 152 g/mol. The van der Waals surface area contributed by atoms with Gasteiger partial charge in [-0.1, -0.05) is 0 Å². The third-order valence-electron chi connectivity index (χ3n) is 0.688. The van der Waals surface area contributed by atoms with Crippen molar-refractivity contribution in [1.82, 2.24) is 0 Å². The highest BCUT2D eigenvalue weighted by Crippen LogP contribution is 2.23. The van der Waals surface area contributed by atoms with Crippen LogP contribution in [0.1, 0.15) is 0 Å². The number of carbonyl (C=O) groups excluding carboxylic acids is 1. The molecule has 0 aromatic heterocycles. The average molecular weight is 156 g/mol. The number of hydrogen-bond acceptors (Lipinski definition) is 1. The van der Waals surface area contributed by atoms with Crippen LogP contribution in [0.15, 0.2) is 12.2 Å². The van der Waals surface area contributed by atoms with E-state index in [0.717, 1.165) is 0 Å². The molecule has 1 nitrogen and oxygen atoms in total. The van der Waals surface area contributed by atoms with Crippen LogP contribution < -0.4 is 0 Å². The molecule has 0 aliphatic heterocycles. The Balaban J connectivity index is 4.11. The maximum absolute atomic E-state index is 11.7. The van der Waals surface area contributed by atoms with Gasteiger partial charge in [0, 0.05) is 0 Å². The van der Waals surface area contributed by atoms with Crippen molar-refractivity contribution >= 4 is 6.29 Å². The summed E-state index contributed by atoms with van der Waals surface area (Å²) in [6.45, 7) is 0. The smallest absolute Gasteiger partial charge is 0.299 e. The minimum absolute atomic E-state index is 0.0102. The molecule has 0 aliphatic rings. The van der Waals surface area contributed by atoms with Crippen molar-refractivity contribution < 1.29 is 22.4 Å². The molecule has 0 radical (unpaired) electrons. The van der Waals surface area contributed by atoms with Gasteiger partial charge in [-0.25, -0.2) is 8.78 Å². The predicted molar refractivity (Wildman–Crippen MR) is 26.2 cm³/mol. The van der Waals surface area contributed by atoms with Crippen LogP contribution in [0.4, 0.5) is 17.6 Å². The summed E-state index contributed by atoms with van der Waals surface area (Å²) in [5.74, 6) is -4.19. The second-order valence-corrected chi connectivity index (χ2v) is 1.47. The van der Waals surface area contributed by atoms with Gasteiger partial charge in [0.25, 0.3) is 0 Å². The molecule has 0 aromatic carbocycles. The topological polar surface area (TPSA) is 17.1 Å². The number of alkyl halides is 4. The first-order valence-corrected chi connectivity index (χ1v) is 2.29. The summed E-state index contributed by atoms with van der Waals surface area (Å²) in [6.07, 6.45) is -3.55. The lowest BCUT2D eigenvalue weighted by atomic mass is 10.3. The average Bonchev–Trinajstić information content (AvgIpc) is 1.84. The van der Waals surface area contributed by atoms with Gasteiger partial charge in [-0.3, -0.25) is 4.79 Å². The van der Waals surface area contributed by atoms with Gasteiger partial charge in [0.1, 0.15) is 6.29 Å². The summed E-state index contributed by atoms with van der Waals surface area (Å²) in [6, 6.07) is 0. The van der Waals surface area contributed by atoms with Gasteiger partial charge < -0.3 is 0 Å². The molecule has 0 amide bonds. The number of halogens is 4. The Morgan fingerprint density at radius 1 is 1.30 bits per heavy atom. The van der Waals surface area contributed by atoms with Crippen LogP contribution in [-0.2, 0) is 4.79 Å². The highest BCUT2D eigenvalue weighted by Gasteiger charge is 2.37. The van der Waals surface area contributed by atoms with Crippen molar-refractivity contribution in [3.8, 4) is 0 Å². The zero-order chi connectivity index (χ0) is 8.20. The lowest BCUT2D eigenvalue weighted by Gasteiger charge is -2.07. The van der Waals surface area contributed by atoms with Crippen LogP contribution in [-0.4, -0.2) is 18.6 Å². The first-order chi connectivity index (χ1) is 4.50. The van der Waals surface area contributed by atoms with Crippen molar-refractivity contribution in [2.75, 3.05) is 0 Å². The molecule has 58 valence electrons. The Morgan fingerprint density at radius 2 is 1.80 bits per heavy atom. The van der Waals surface area contributed by atoms with E-state index in [1.165, 1.54) is 0 Å². The van der Waals surface area contributed by atoms with Gasteiger partial charge in [0.2, 0.25) is 0 Å². The van der Waals surface area contributed by atoms with Crippen molar-refractivity contribution in [2.45, 2.75) is 12.3 Å². The van der Waals surface area contributed by atoms with Crippen LogP contribution in [0.2, 0.25) is 0 Å². The molecule has 0 bridgehead atoms. The van der Waals surface area contributed by atoms with E-state index in [1.807, 2.05) is 0 Å². The SMILES string of the molecule is O=C/C=C/C(F)(F)C(F)F. The lowest BCUT2D eigenvalue weighted by molar-refractivity contribution is -0.105. The van der Waals surface area contributed by atoms with Gasteiger partial charge in [-0.2, -0.15) is 8.78 Å². The third kappa shape index (κ3) is 2.61. The maximum Gasteiger partial charge on any atom is 0.326 e. The quantitative estimate of drug-likeness (QED) is 0.345. The summed E-state index contributed by atoms with van der Waals surface area (Å²) in [7, 11) is 0. The van der Waals surface area contributed by atoms with E-state index in [1.54, 1.807) is 0 Å². The first-order valence-electron chi connectivity index (χ1n) is 2.29. The Morgan fingerprint density at radius 3 is 2.10 bits per heavy atom. The molecular formula is C5H4F4O. The van der Waals surface area contributed by atoms with Crippen molar-refractivity contribution in [2.24, 2.45) is 0 Å². The fraction of sp³-hybridized carbons (Fsp3) is 0.400. The van der Waals surface area contributed by atoms with Crippen LogP contribution in [0.3, 0.4) is 0 Å². The monoisotopic (exact) mass is 156 g/mol. The minimum atomic E-state index is -4.19. The van der Waals surface area contributed by atoms with Crippen LogP contribution in [0.5, 0.6) is 0 Å². The summed E-state index contributed by atoms with van der Waals surface area (Å²) < 4.78 is 45.9. The number of rotatable bonds is 3. The van der Waals surface area contributed by atoms with Crippen molar-refractivity contribution in [3.05, 3.63) is 12.2 Å². The number of allylic oxidation sites excluding steroid dienone is 2. The fourth-order valence-corrected chi connectivity index (χ4v) is 0.240. The molecule has 0 N–H and O–H groups in total. The largest absolute Gasteiger partial charge is 0.326 e. The highest BCUT2D eigenvalue weighted by molar-refractivity contribution is 5.64. The van der Waals surface area contributed by atoms with Crippen molar-refractivity contribution in [1.29, 1.82) is 0 Å². The highest BCUT2D eigenvalue weighted by atomic mass is 19.3. The molecule has 0 aliphatic carbocycles. The molecule has 0 fully saturated rings. The summed E-state index contributed by atoms with van der Waals surface area (Å²) in [5.41, 5.74) is 0. The second kappa shape index (κ2) is 3.34. The standard InChI is InChI=1S/C5H4F4O/c6-4(7)5(8,9)2-1-3-10/h1-4H/b2-1+. The van der Waals surface area contributed by atoms with E-state index in [9.17, 15) is 22.4 Å². The third-order valence-corrected chi connectivity index (χ3v) is 0.688. The van der Waals surface area contributed by atoms with Crippen LogP contribution in [0.25, 0.3) is 0 Å². The predicted octanol–water partition coefficient (Wildman–Crippen LogP) is 1.64. The normalized spacial score (nSPS) is 12.9. The van der Waals surface area contributed by atoms with E-state index in [4.69, 9.17) is 0 Å². The van der Waals surface area contributed by atoms with Crippen LogP contribution >= 0.6 is 0 Å². The molecule has 5 heteroatoms. The minimum Gasteiger partial charge on any atom is -0.299 e. The molecule has 0 saturated carbocycles. The van der Waals surface area contributed by atoms with Gasteiger partial charge in [0.15, 0.2) is 0 Å². The summed E-state index contributed by atoms with van der Waals surface area (Å²) in [5, 5.41) is 0. The van der Waals surface area contributed by atoms with E-state index in [0.29, 0.717) is 6.08 Å². The molecule has 0 spiro atoms. The molecule has 0 unspecified atom stereocenters. The zero-order valence-electron chi connectivity index (χ0n) is 4.73. The molecule has 0 rings (SSSR count). The molecule has 0 heterocycles. The van der Waals surface area contributed by atoms with E-state index in [-0.39, 0.29) is 12.4 Å². The Labute approximate surface area is 54.3 Å². The fourth-order valence-electron chi connectivity index (χ4n) is 0.240. The second-order valence-electron chi connectivity index (χ2n) is 1.47.